The van der Waals surface area contributed by atoms with Crippen LogP contribution in [-0.2, 0) is 10.0 Å². The Morgan fingerprint density at radius 1 is 1.00 bits per heavy atom. The van der Waals surface area contributed by atoms with Crippen LogP contribution in [0.25, 0.3) is 11.0 Å². The Morgan fingerprint density at radius 2 is 1.80 bits per heavy atom. The largest absolute Gasteiger partial charge is 0.489 e. The molecule has 5 aliphatic rings. The van der Waals surface area contributed by atoms with Crippen molar-refractivity contribution >= 4 is 44.0 Å². The first-order valence-corrected chi connectivity index (χ1v) is 24.4. The Hall–Kier alpha value is -5.42. The minimum absolute atomic E-state index is 0.0101. The van der Waals surface area contributed by atoms with Gasteiger partial charge >= 0.3 is 0 Å². The lowest BCUT2D eigenvalue weighted by Crippen LogP contribution is -2.55. The number of amides is 1. The highest BCUT2D eigenvalue weighted by atomic mass is 32.2. The average Bonchev–Trinajstić information content (AvgIpc) is 3.96. The Labute approximate surface area is 375 Å². The zero-order valence-corrected chi connectivity index (χ0v) is 37.9. The number of nitrogens with two attached hydrogens (primary N) is 1. The number of carbonyl (C=O) groups is 1. The van der Waals surface area contributed by atoms with Crippen molar-refractivity contribution in [1.82, 2.24) is 34.4 Å². The summed E-state index contributed by atoms with van der Waals surface area (Å²) < 4.78 is 42.4. The van der Waals surface area contributed by atoms with Crippen LogP contribution in [0.1, 0.15) is 85.9 Å². The summed E-state index contributed by atoms with van der Waals surface area (Å²) in [6, 6.07) is 18.3. The zero-order chi connectivity index (χ0) is 44.2. The molecule has 4 aliphatic heterocycles. The molecule has 10 rings (SSSR count). The fourth-order valence-corrected chi connectivity index (χ4v) is 11.8. The van der Waals surface area contributed by atoms with Crippen LogP contribution in [0.15, 0.2) is 78.1 Å². The maximum Gasteiger partial charge on any atom is 0.287 e. The Balaban J connectivity index is 0.832. The molecule has 2 aromatic carbocycles. The number of nitrogen functional groups attached to an aromatic ring is 1. The van der Waals surface area contributed by atoms with E-state index in [9.17, 15) is 13.2 Å². The Morgan fingerprint density at radius 3 is 2.59 bits per heavy atom. The highest BCUT2D eigenvalue weighted by Gasteiger charge is 2.50. The van der Waals surface area contributed by atoms with Crippen molar-refractivity contribution in [3.63, 3.8) is 0 Å². The molecule has 1 aliphatic carbocycles. The molecule has 0 radical (unpaired) electrons. The number of likely N-dealkylation sites (tertiary alicyclic amines) is 1. The number of nitrogens with zero attached hydrogens (tertiary/aromatic N) is 6. The van der Waals surface area contributed by atoms with Crippen LogP contribution in [0.5, 0.6) is 17.2 Å². The van der Waals surface area contributed by atoms with Crippen molar-refractivity contribution in [2.45, 2.75) is 81.3 Å². The van der Waals surface area contributed by atoms with E-state index in [0.717, 1.165) is 76.3 Å². The first-order chi connectivity index (χ1) is 30.9. The molecular formula is C48H60N10O5S. The number of likely N-dealkylation sites (N-methyl/N-ethyl adjacent to an activating group) is 1. The Kier molecular flexibility index (Phi) is 11.4. The second kappa shape index (κ2) is 17.2. The van der Waals surface area contributed by atoms with Crippen LogP contribution < -0.4 is 30.1 Å². The van der Waals surface area contributed by atoms with Crippen molar-refractivity contribution in [3.8, 4) is 17.2 Å². The number of aromatic nitrogens is 3. The van der Waals surface area contributed by atoms with E-state index >= 15 is 0 Å². The number of pyridine rings is 2. The van der Waals surface area contributed by atoms with E-state index in [-0.39, 0.29) is 28.1 Å². The molecule has 5 aromatic rings. The van der Waals surface area contributed by atoms with E-state index < -0.39 is 15.9 Å². The summed E-state index contributed by atoms with van der Waals surface area (Å²) in [6.45, 7) is 12.5. The SMILES string of the molecule is CC(C)c1ccccc1[C@@H]1CCCN1C1CC2(CCN(c3cnc(C(=O)NS(=O)(=O)c4cc(N)c5c(c4)OC[C@H](CN4CCN(C)CC4)N5)c(Oc4cnc5[nH]ccc5c4)c3)CC2)C1. The highest BCUT2D eigenvalue weighted by molar-refractivity contribution is 7.90. The number of piperidine rings is 1. The topological polar surface area (TPSA) is 174 Å². The van der Waals surface area contributed by atoms with Crippen molar-refractivity contribution < 1.29 is 22.7 Å². The maximum absolute atomic E-state index is 14.0. The third-order valence-corrected chi connectivity index (χ3v) is 15.7. The molecule has 3 saturated heterocycles. The van der Waals surface area contributed by atoms with Crippen LogP contribution in [0.4, 0.5) is 17.1 Å². The number of piperazine rings is 1. The van der Waals surface area contributed by atoms with Gasteiger partial charge in [0.1, 0.15) is 29.4 Å². The number of ether oxygens (including phenoxy) is 2. The number of fused-ring (bicyclic) bond motifs is 2. The van der Waals surface area contributed by atoms with Gasteiger partial charge in [-0.25, -0.2) is 23.1 Å². The third-order valence-electron chi connectivity index (χ3n) is 14.4. The third kappa shape index (κ3) is 8.48. The van der Waals surface area contributed by atoms with Gasteiger partial charge in [-0.2, -0.15) is 0 Å². The van der Waals surface area contributed by atoms with Crippen molar-refractivity contribution in [2.75, 3.05) is 82.0 Å². The summed E-state index contributed by atoms with van der Waals surface area (Å²) in [7, 11) is -2.30. The number of carbonyl (C=O) groups excluding carboxylic acids is 1. The van der Waals surface area contributed by atoms with E-state index in [1.54, 1.807) is 24.7 Å². The molecule has 5 N–H and O–H groups in total. The molecule has 15 nitrogen and oxygen atoms in total. The summed E-state index contributed by atoms with van der Waals surface area (Å²) in [5.74, 6) is 0.391. The number of aromatic amines is 1. The zero-order valence-electron chi connectivity index (χ0n) is 37.1. The van der Waals surface area contributed by atoms with Gasteiger partial charge in [-0.1, -0.05) is 38.1 Å². The van der Waals surface area contributed by atoms with E-state index in [1.165, 1.54) is 48.9 Å². The lowest BCUT2D eigenvalue weighted by atomic mass is 9.59. The average molecular weight is 889 g/mol. The second-order valence-corrected chi connectivity index (χ2v) is 20.7. The Bertz CT molecular complexity index is 2630. The lowest BCUT2D eigenvalue weighted by Gasteiger charge is -2.56. The van der Waals surface area contributed by atoms with Crippen LogP contribution >= 0.6 is 0 Å². The number of nitrogens with one attached hydrogen (secondary N) is 3. The number of hydrogen-bond donors (Lipinski definition) is 4. The van der Waals surface area contributed by atoms with Crippen LogP contribution in [0, 0.1) is 5.41 Å². The number of sulfonamides is 1. The molecule has 4 fully saturated rings. The lowest BCUT2D eigenvalue weighted by molar-refractivity contribution is -0.0228. The molecule has 3 aromatic heterocycles. The summed E-state index contributed by atoms with van der Waals surface area (Å²) in [5, 5.41) is 4.28. The summed E-state index contributed by atoms with van der Waals surface area (Å²) in [4.78, 5) is 35.7. The normalized spacial score (nSPS) is 22.0. The van der Waals surface area contributed by atoms with Gasteiger partial charge in [0.2, 0.25) is 0 Å². The van der Waals surface area contributed by atoms with Gasteiger partial charge in [0.25, 0.3) is 15.9 Å². The summed E-state index contributed by atoms with van der Waals surface area (Å²) in [6.07, 6.45) is 12.0. The number of benzene rings is 2. The smallest absolute Gasteiger partial charge is 0.287 e. The molecule has 1 saturated carbocycles. The standard InChI is InChI=1S/C48H60N10O5S/c1-31(2)38-7-4-5-8-39(38)41-9-6-14-58(41)35-25-48(26-35)11-15-57(16-12-48)34-22-43(63-36-21-32-10-13-50-46(32)52-28-36)45(51-27-34)47(59)54-64(60,61)37-23-40(49)44-42(24-37)62-30-33(53-44)29-56-19-17-55(3)18-20-56/h4-5,7-8,10,13,21-24,27-28,31,33,35,41,53H,6,9,11-12,14-20,25-26,29-30,49H2,1-3H3,(H,50,52)(H,54,59)/t33-,41-/m0/s1. The minimum Gasteiger partial charge on any atom is -0.489 e. The van der Waals surface area contributed by atoms with Gasteiger partial charge in [-0.3, -0.25) is 14.6 Å². The molecule has 0 unspecified atom stereocenters. The van der Waals surface area contributed by atoms with Crippen molar-refractivity contribution in [2.24, 2.45) is 5.41 Å². The summed E-state index contributed by atoms with van der Waals surface area (Å²) >= 11 is 0. The molecule has 64 heavy (non-hydrogen) atoms. The molecule has 0 bridgehead atoms. The fraction of sp³-hybridized carbons (Fsp3) is 0.479. The van der Waals surface area contributed by atoms with Gasteiger partial charge in [0.05, 0.1) is 34.7 Å². The highest BCUT2D eigenvalue weighted by Crippen LogP contribution is 2.54. The number of rotatable bonds is 11. The maximum atomic E-state index is 14.0. The quantitative estimate of drug-likeness (QED) is 0.105. The van der Waals surface area contributed by atoms with Gasteiger partial charge in [-0.05, 0) is 92.8 Å². The van der Waals surface area contributed by atoms with Crippen LogP contribution in [-0.4, -0.2) is 122 Å². The fourth-order valence-electron chi connectivity index (χ4n) is 10.8. The first kappa shape index (κ1) is 42.5. The van der Waals surface area contributed by atoms with E-state index in [2.05, 4.69) is 89.8 Å². The van der Waals surface area contributed by atoms with Crippen molar-refractivity contribution in [3.05, 3.63) is 90.0 Å². The summed E-state index contributed by atoms with van der Waals surface area (Å²) in [5.41, 5.74) is 11.8. The van der Waals surface area contributed by atoms with E-state index in [0.29, 0.717) is 52.9 Å². The number of anilines is 3. The van der Waals surface area contributed by atoms with Gasteiger partial charge < -0.3 is 35.3 Å². The molecular weight excluding hydrogens is 829 g/mol. The number of H-pyrrole nitrogens is 1. The molecule has 16 heteroatoms. The second-order valence-electron chi connectivity index (χ2n) is 19.0. The van der Waals surface area contributed by atoms with Gasteiger partial charge in [0.15, 0.2) is 11.4 Å². The molecule has 2 atom stereocenters. The predicted octanol–water partition coefficient (Wildman–Crippen LogP) is 6.58. The predicted molar refractivity (Wildman–Crippen MR) is 249 cm³/mol. The number of hydrogen-bond acceptors (Lipinski definition) is 13. The molecule has 338 valence electrons. The first-order valence-electron chi connectivity index (χ1n) is 22.9. The van der Waals surface area contributed by atoms with E-state index in [1.807, 2.05) is 12.1 Å². The van der Waals surface area contributed by atoms with Gasteiger partial charge in [-0.15, -0.1) is 0 Å². The minimum atomic E-state index is -4.42. The monoisotopic (exact) mass is 888 g/mol. The van der Waals surface area contributed by atoms with E-state index in [4.69, 9.17) is 15.2 Å². The van der Waals surface area contributed by atoms with Crippen molar-refractivity contribution in [1.29, 1.82) is 0 Å². The molecule has 1 amide bonds. The molecule has 7 heterocycles. The molecule has 1 spiro atoms. The van der Waals surface area contributed by atoms with Gasteiger partial charge in [0, 0.05) is 81.6 Å². The van der Waals surface area contributed by atoms with Crippen LogP contribution in [0.2, 0.25) is 0 Å². The van der Waals surface area contributed by atoms with Crippen LogP contribution in [0.3, 0.4) is 0 Å².